The minimum Gasteiger partial charge on any atom is -0.384 e. The predicted molar refractivity (Wildman–Crippen MR) is 63.6 cm³/mol. The Morgan fingerprint density at radius 3 is 2.83 bits per heavy atom. The molecule has 18 heavy (non-hydrogen) atoms. The number of hydrogen-bond acceptors (Lipinski definition) is 5. The summed E-state index contributed by atoms with van der Waals surface area (Å²) in [5.74, 6) is -0.237. The average molecular weight is 269 g/mol. The van der Waals surface area contributed by atoms with Crippen molar-refractivity contribution in [2.45, 2.75) is 4.90 Å². The number of nitrogens with one attached hydrogen (secondary N) is 3. The minimum absolute atomic E-state index is 0.00843. The van der Waals surface area contributed by atoms with Gasteiger partial charge in [-0.1, -0.05) is 0 Å². The van der Waals surface area contributed by atoms with Gasteiger partial charge in [0, 0.05) is 13.2 Å². The van der Waals surface area contributed by atoms with E-state index in [2.05, 4.69) is 20.0 Å². The first kappa shape index (κ1) is 12.1. The van der Waals surface area contributed by atoms with Gasteiger partial charge >= 0.3 is 0 Å². The van der Waals surface area contributed by atoms with E-state index >= 15 is 0 Å². The fourth-order valence-electron chi connectivity index (χ4n) is 1.30. The van der Waals surface area contributed by atoms with Crippen LogP contribution in [0.2, 0.25) is 0 Å². The molecule has 9 nitrogen and oxygen atoms in total. The maximum atomic E-state index is 12.0. The second kappa shape index (κ2) is 4.14. The van der Waals surface area contributed by atoms with E-state index in [4.69, 9.17) is 11.1 Å². The number of anilines is 1. The third-order valence-electron chi connectivity index (χ3n) is 2.16. The Labute approximate surface area is 103 Å². The molecule has 0 saturated carbocycles. The van der Waals surface area contributed by atoms with Crippen molar-refractivity contribution in [2.75, 3.05) is 4.72 Å². The summed E-state index contributed by atoms with van der Waals surface area (Å²) in [6.45, 7) is 0. The van der Waals surface area contributed by atoms with Gasteiger partial charge in [-0.05, 0) is 0 Å². The van der Waals surface area contributed by atoms with E-state index in [0.717, 1.165) is 0 Å². The molecule has 0 spiro atoms. The number of hydrogen-bond donors (Lipinski definition) is 4. The van der Waals surface area contributed by atoms with E-state index in [1.807, 2.05) is 0 Å². The SMILES string of the molecule is Cn1cc(S(=O)(=O)Nc2[nH]ncc2C(=N)N)cn1. The standard InChI is InChI=1S/C8H11N7O2S/c1-15-4-5(2-12-15)18(16,17)14-8-6(7(9)10)3-11-13-8/h2-4H,1H3,(H3,9,10)(H2,11,13,14). The van der Waals surface area contributed by atoms with Crippen molar-refractivity contribution in [3.05, 3.63) is 24.2 Å². The van der Waals surface area contributed by atoms with Gasteiger partial charge in [0.2, 0.25) is 0 Å². The lowest BCUT2D eigenvalue weighted by molar-refractivity contribution is 0.601. The molecule has 2 aromatic heterocycles. The molecule has 0 fully saturated rings. The Morgan fingerprint density at radius 1 is 1.56 bits per heavy atom. The van der Waals surface area contributed by atoms with E-state index in [-0.39, 0.29) is 22.1 Å². The summed E-state index contributed by atoms with van der Waals surface area (Å²) in [5.41, 5.74) is 5.48. The zero-order chi connectivity index (χ0) is 13.3. The molecular formula is C8H11N7O2S. The molecule has 2 heterocycles. The molecule has 2 rings (SSSR count). The predicted octanol–water partition coefficient (Wildman–Crippen LogP) is -0.772. The first-order valence-corrected chi connectivity index (χ1v) is 6.27. The van der Waals surface area contributed by atoms with Crippen molar-refractivity contribution in [1.29, 1.82) is 5.41 Å². The number of aryl methyl sites for hydroxylation is 1. The Kier molecular flexibility index (Phi) is 2.79. The molecule has 2 aromatic rings. The van der Waals surface area contributed by atoms with E-state index < -0.39 is 10.0 Å². The van der Waals surface area contributed by atoms with Crippen LogP contribution >= 0.6 is 0 Å². The zero-order valence-electron chi connectivity index (χ0n) is 9.38. The highest BCUT2D eigenvalue weighted by Gasteiger charge is 2.19. The van der Waals surface area contributed by atoms with Crippen molar-refractivity contribution in [2.24, 2.45) is 12.8 Å². The Hall–Kier alpha value is -2.36. The van der Waals surface area contributed by atoms with Crippen molar-refractivity contribution < 1.29 is 8.42 Å². The molecule has 0 aliphatic heterocycles. The molecule has 0 radical (unpaired) electrons. The van der Waals surface area contributed by atoms with Crippen molar-refractivity contribution in [1.82, 2.24) is 20.0 Å². The number of aromatic amines is 1. The topological polar surface area (TPSA) is 143 Å². The van der Waals surface area contributed by atoms with Gasteiger partial charge in [-0.2, -0.15) is 10.2 Å². The van der Waals surface area contributed by atoms with E-state index in [1.54, 1.807) is 7.05 Å². The molecule has 0 aliphatic carbocycles. The van der Waals surface area contributed by atoms with Crippen LogP contribution in [0.4, 0.5) is 5.82 Å². The Balaban J connectivity index is 2.34. The van der Waals surface area contributed by atoms with Gasteiger partial charge in [0.05, 0.1) is 18.0 Å². The summed E-state index contributed by atoms with van der Waals surface area (Å²) in [6, 6.07) is 0. The minimum atomic E-state index is -3.78. The highest BCUT2D eigenvalue weighted by molar-refractivity contribution is 7.92. The number of rotatable bonds is 4. The van der Waals surface area contributed by atoms with Gasteiger partial charge < -0.3 is 5.73 Å². The third-order valence-corrected chi connectivity index (χ3v) is 3.46. The Bertz CT molecular complexity index is 684. The van der Waals surface area contributed by atoms with Crippen molar-refractivity contribution in [3.8, 4) is 0 Å². The summed E-state index contributed by atoms with van der Waals surface area (Å²) in [4.78, 5) is 0.00843. The second-order valence-corrected chi connectivity index (χ2v) is 5.21. The van der Waals surface area contributed by atoms with Crippen LogP contribution in [-0.4, -0.2) is 34.2 Å². The molecule has 0 bridgehead atoms. The third kappa shape index (κ3) is 2.18. The van der Waals surface area contributed by atoms with Crippen molar-refractivity contribution >= 4 is 21.7 Å². The van der Waals surface area contributed by atoms with E-state index in [1.165, 1.54) is 23.3 Å². The smallest absolute Gasteiger partial charge is 0.266 e. The molecule has 0 saturated heterocycles. The largest absolute Gasteiger partial charge is 0.384 e. The van der Waals surface area contributed by atoms with Gasteiger partial charge in [0.1, 0.15) is 16.5 Å². The fraction of sp³-hybridized carbons (Fsp3) is 0.125. The molecule has 0 amide bonds. The number of nitrogens with zero attached hydrogens (tertiary/aromatic N) is 3. The lowest BCUT2D eigenvalue weighted by Gasteiger charge is -2.05. The molecule has 0 aliphatic rings. The van der Waals surface area contributed by atoms with Crippen LogP contribution in [-0.2, 0) is 17.1 Å². The number of aromatic nitrogens is 4. The summed E-state index contributed by atoms with van der Waals surface area (Å²) < 4.78 is 27.6. The molecule has 0 atom stereocenters. The van der Waals surface area contributed by atoms with Crippen LogP contribution in [0, 0.1) is 5.41 Å². The molecule has 10 heteroatoms. The van der Waals surface area contributed by atoms with Gasteiger partial charge in [0.25, 0.3) is 10.0 Å². The highest BCUT2D eigenvalue weighted by Crippen LogP contribution is 2.16. The normalized spacial score (nSPS) is 11.4. The zero-order valence-corrected chi connectivity index (χ0v) is 10.2. The lowest BCUT2D eigenvalue weighted by atomic mass is 10.3. The number of amidine groups is 1. The Morgan fingerprint density at radius 2 is 2.28 bits per heavy atom. The number of nitrogen functional groups attached to an aromatic ring is 1. The highest BCUT2D eigenvalue weighted by atomic mass is 32.2. The van der Waals surface area contributed by atoms with E-state index in [0.29, 0.717) is 0 Å². The molecule has 96 valence electrons. The summed E-state index contributed by atoms with van der Waals surface area (Å²) >= 11 is 0. The van der Waals surface area contributed by atoms with Gasteiger partial charge in [-0.25, -0.2) is 8.42 Å². The molecule has 5 N–H and O–H groups in total. The monoisotopic (exact) mass is 269 g/mol. The number of H-pyrrole nitrogens is 1. The van der Waals surface area contributed by atoms with Gasteiger partial charge in [0.15, 0.2) is 0 Å². The molecule has 0 unspecified atom stereocenters. The maximum absolute atomic E-state index is 12.0. The number of nitrogens with two attached hydrogens (primary N) is 1. The summed E-state index contributed by atoms with van der Waals surface area (Å²) in [6.07, 6.45) is 3.84. The van der Waals surface area contributed by atoms with Crippen LogP contribution in [0.3, 0.4) is 0 Å². The summed E-state index contributed by atoms with van der Waals surface area (Å²) in [7, 11) is -2.17. The van der Waals surface area contributed by atoms with Gasteiger partial charge in [-0.15, -0.1) is 0 Å². The van der Waals surface area contributed by atoms with Crippen molar-refractivity contribution in [3.63, 3.8) is 0 Å². The van der Waals surface area contributed by atoms with Gasteiger partial charge in [-0.3, -0.25) is 19.9 Å². The first-order valence-electron chi connectivity index (χ1n) is 4.79. The quantitative estimate of drug-likeness (QED) is 0.425. The molecular weight excluding hydrogens is 258 g/mol. The van der Waals surface area contributed by atoms with Crippen LogP contribution in [0.15, 0.2) is 23.5 Å². The maximum Gasteiger partial charge on any atom is 0.266 e. The number of sulfonamides is 1. The van der Waals surface area contributed by atoms with E-state index in [9.17, 15) is 8.42 Å². The first-order chi connectivity index (χ1) is 8.40. The fourth-order valence-corrected chi connectivity index (χ4v) is 2.32. The second-order valence-electron chi connectivity index (χ2n) is 3.53. The summed E-state index contributed by atoms with van der Waals surface area (Å²) in [5, 5.41) is 17.1. The van der Waals surface area contributed by atoms with Crippen LogP contribution in [0.1, 0.15) is 5.56 Å². The average Bonchev–Trinajstić information content (AvgIpc) is 2.86. The molecule has 0 aromatic carbocycles. The lowest BCUT2D eigenvalue weighted by Crippen LogP contribution is -2.17. The van der Waals surface area contributed by atoms with Crippen LogP contribution < -0.4 is 10.5 Å². The van der Waals surface area contributed by atoms with Crippen LogP contribution in [0.25, 0.3) is 0 Å². The van der Waals surface area contributed by atoms with Crippen LogP contribution in [0.5, 0.6) is 0 Å².